The fraction of sp³-hybridized carbons (Fsp3) is 0.550. The molecular weight excluding hydrogens is 348 g/mol. The lowest BCUT2D eigenvalue weighted by atomic mass is 9.93. The largest absolute Gasteiger partial charge is 0.548 e. The highest BCUT2D eigenvalue weighted by molar-refractivity contribution is 5.90. The molecule has 0 saturated carbocycles. The normalized spacial score (nSPS) is 22.3. The number of amides is 2. The van der Waals surface area contributed by atoms with E-state index in [0.717, 1.165) is 11.1 Å². The number of nitrogens with zero attached hydrogens (tertiary/aromatic N) is 2. The lowest BCUT2D eigenvalue weighted by Crippen LogP contribution is -2.57. The second-order valence-electron chi connectivity index (χ2n) is 8.11. The zero-order chi connectivity index (χ0) is 19.8. The van der Waals surface area contributed by atoms with Crippen molar-refractivity contribution in [3.8, 4) is 0 Å². The molecular formula is C20H25N2O5-. The number of carboxylic acid groups (broad SMARTS) is 1. The summed E-state index contributed by atoms with van der Waals surface area (Å²) in [6, 6.07) is 5.92. The van der Waals surface area contributed by atoms with Gasteiger partial charge in [0.25, 0.3) is 0 Å². The number of carbonyl (C=O) groups is 3. The summed E-state index contributed by atoms with van der Waals surface area (Å²) in [5.41, 5.74) is 1.26. The standard InChI is InChI=1S/C20H26N2O5/c1-20(2,3)27-19(26)22-12-14-8-5-4-7-13(14)11-16(22)17(23)21-10-6-9-15(21)18(24)25/h4-5,7-8,15-16H,6,9-12H2,1-3H3,(H,24,25)/p-1/t15-,16-/m0/s1. The molecule has 1 fully saturated rings. The van der Waals surface area contributed by atoms with Gasteiger partial charge in [-0.05, 0) is 44.7 Å². The van der Waals surface area contributed by atoms with Crippen LogP contribution in [0.3, 0.4) is 0 Å². The van der Waals surface area contributed by atoms with E-state index in [9.17, 15) is 19.5 Å². The molecule has 1 saturated heterocycles. The number of ether oxygens (including phenoxy) is 1. The third kappa shape index (κ3) is 4.07. The van der Waals surface area contributed by atoms with Crippen molar-refractivity contribution in [2.75, 3.05) is 6.54 Å². The van der Waals surface area contributed by atoms with Crippen LogP contribution >= 0.6 is 0 Å². The van der Waals surface area contributed by atoms with Gasteiger partial charge in [0.1, 0.15) is 11.6 Å². The Bertz CT molecular complexity index is 755. The smallest absolute Gasteiger partial charge is 0.411 e. The van der Waals surface area contributed by atoms with Crippen LogP contribution in [-0.4, -0.2) is 52.0 Å². The molecule has 1 aromatic carbocycles. The third-order valence-corrected chi connectivity index (χ3v) is 4.97. The average molecular weight is 373 g/mol. The first kappa shape index (κ1) is 19.2. The third-order valence-electron chi connectivity index (χ3n) is 4.97. The van der Waals surface area contributed by atoms with Crippen LogP contribution in [0.15, 0.2) is 24.3 Å². The van der Waals surface area contributed by atoms with E-state index < -0.39 is 29.7 Å². The number of aliphatic carboxylic acids is 1. The van der Waals surface area contributed by atoms with Gasteiger partial charge in [-0.3, -0.25) is 9.69 Å². The number of rotatable bonds is 2. The first-order valence-corrected chi connectivity index (χ1v) is 9.25. The molecule has 2 aliphatic rings. The van der Waals surface area contributed by atoms with Crippen molar-refractivity contribution in [1.29, 1.82) is 0 Å². The first-order chi connectivity index (χ1) is 12.7. The Labute approximate surface area is 158 Å². The van der Waals surface area contributed by atoms with Crippen molar-refractivity contribution in [3.05, 3.63) is 35.4 Å². The van der Waals surface area contributed by atoms with Crippen molar-refractivity contribution >= 4 is 18.0 Å². The Morgan fingerprint density at radius 1 is 1.07 bits per heavy atom. The number of carboxylic acids is 1. The fourth-order valence-electron chi connectivity index (χ4n) is 3.72. The Morgan fingerprint density at radius 3 is 2.37 bits per heavy atom. The zero-order valence-electron chi connectivity index (χ0n) is 15.9. The van der Waals surface area contributed by atoms with Gasteiger partial charge in [-0.1, -0.05) is 24.3 Å². The highest BCUT2D eigenvalue weighted by Crippen LogP contribution is 2.28. The molecule has 27 heavy (non-hydrogen) atoms. The van der Waals surface area contributed by atoms with E-state index in [1.807, 2.05) is 24.3 Å². The molecule has 2 atom stereocenters. The van der Waals surface area contributed by atoms with Gasteiger partial charge in [0.05, 0.1) is 18.6 Å². The summed E-state index contributed by atoms with van der Waals surface area (Å²) in [6.45, 7) is 5.92. The summed E-state index contributed by atoms with van der Waals surface area (Å²) in [5.74, 6) is -1.61. The molecule has 0 bridgehead atoms. The summed E-state index contributed by atoms with van der Waals surface area (Å²) in [6.07, 6.45) is 0.758. The Morgan fingerprint density at radius 2 is 1.74 bits per heavy atom. The van der Waals surface area contributed by atoms with Crippen molar-refractivity contribution in [3.63, 3.8) is 0 Å². The zero-order valence-corrected chi connectivity index (χ0v) is 15.9. The molecule has 0 radical (unpaired) electrons. The van der Waals surface area contributed by atoms with Crippen molar-refractivity contribution < 1.29 is 24.2 Å². The fourth-order valence-corrected chi connectivity index (χ4v) is 3.72. The van der Waals surface area contributed by atoms with Gasteiger partial charge < -0.3 is 19.5 Å². The van der Waals surface area contributed by atoms with E-state index in [-0.39, 0.29) is 12.5 Å². The van der Waals surface area contributed by atoms with E-state index >= 15 is 0 Å². The number of hydrogen-bond acceptors (Lipinski definition) is 5. The molecule has 2 aliphatic heterocycles. The SMILES string of the molecule is CC(C)(C)OC(=O)N1Cc2ccccc2C[C@H]1C(=O)N1CCC[C@H]1C(=O)[O-]. The predicted octanol–water partition coefficient (Wildman–Crippen LogP) is 1.09. The molecule has 0 aromatic heterocycles. The summed E-state index contributed by atoms with van der Waals surface area (Å²) >= 11 is 0. The van der Waals surface area contributed by atoms with Crippen LogP contribution in [0.5, 0.6) is 0 Å². The second-order valence-corrected chi connectivity index (χ2v) is 8.11. The predicted molar refractivity (Wildman–Crippen MR) is 95.5 cm³/mol. The minimum absolute atomic E-state index is 0.255. The maximum absolute atomic E-state index is 13.2. The monoisotopic (exact) mass is 373 g/mol. The summed E-state index contributed by atoms with van der Waals surface area (Å²) in [5, 5.41) is 11.4. The van der Waals surface area contributed by atoms with Crippen LogP contribution < -0.4 is 5.11 Å². The number of carbonyl (C=O) groups excluding carboxylic acids is 3. The molecule has 7 nitrogen and oxygen atoms in total. The average Bonchev–Trinajstić information content (AvgIpc) is 3.08. The van der Waals surface area contributed by atoms with Gasteiger partial charge >= 0.3 is 6.09 Å². The van der Waals surface area contributed by atoms with Gasteiger partial charge in [0.15, 0.2) is 0 Å². The van der Waals surface area contributed by atoms with Crippen LogP contribution in [0, 0.1) is 0 Å². The number of likely N-dealkylation sites (tertiary alicyclic amines) is 1. The van der Waals surface area contributed by atoms with Gasteiger partial charge in [-0.15, -0.1) is 0 Å². The molecule has 0 spiro atoms. The molecule has 7 heteroatoms. The highest BCUT2D eigenvalue weighted by atomic mass is 16.6. The van der Waals surface area contributed by atoms with Gasteiger partial charge in [-0.2, -0.15) is 0 Å². The molecule has 1 aromatic rings. The molecule has 2 heterocycles. The molecule has 146 valence electrons. The minimum atomic E-state index is -1.25. The summed E-state index contributed by atoms with van der Waals surface area (Å²) < 4.78 is 5.50. The quantitative estimate of drug-likeness (QED) is 0.774. The van der Waals surface area contributed by atoms with Crippen LogP contribution in [0.4, 0.5) is 4.79 Å². The second kappa shape index (κ2) is 7.21. The number of hydrogen-bond donors (Lipinski definition) is 0. The van der Waals surface area contributed by atoms with Crippen LogP contribution in [0.2, 0.25) is 0 Å². The Kier molecular flexibility index (Phi) is 5.13. The minimum Gasteiger partial charge on any atom is -0.548 e. The summed E-state index contributed by atoms with van der Waals surface area (Å²) in [4.78, 5) is 40.1. The number of fused-ring (bicyclic) bond motifs is 1. The molecule has 0 unspecified atom stereocenters. The van der Waals surface area contributed by atoms with E-state index in [1.165, 1.54) is 9.80 Å². The lowest BCUT2D eigenvalue weighted by molar-refractivity contribution is -0.310. The topological polar surface area (TPSA) is 90.0 Å². The van der Waals surface area contributed by atoms with Crippen molar-refractivity contribution in [1.82, 2.24) is 9.80 Å². The van der Waals surface area contributed by atoms with E-state index in [2.05, 4.69) is 0 Å². The van der Waals surface area contributed by atoms with E-state index in [1.54, 1.807) is 20.8 Å². The maximum Gasteiger partial charge on any atom is 0.411 e. The number of benzene rings is 1. The van der Waals surface area contributed by atoms with Crippen LogP contribution in [0.1, 0.15) is 44.7 Å². The Hall–Kier alpha value is -2.57. The summed E-state index contributed by atoms with van der Waals surface area (Å²) in [7, 11) is 0. The maximum atomic E-state index is 13.2. The van der Waals surface area contributed by atoms with Gasteiger partial charge in [0, 0.05) is 13.0 Å². The first-order valence-electron chi connectivity index (χ1n) is 9.25. The Balaban J connectivity index is 1.90. The molecule has 0 aliphatic carbocycles. The highest BCUT2D eigenvalue weighted by Gasteiger charge is 2.41. The molecule has 2 amide bonds. The van der Waals surface area contributed by atoms with Crippen LogP contribution in [-0.2, 0) is 27.3 Å². The van der Waals surface area contributed by atoms with Gasteiger partial charge in [-0.25, -0.2) is 4.79 Å². The van der Waals surface area contributed by atoms with Crippen molar-refractivity contribution in [2.45, 2.75) is 64.3 Å². The van der Waals surface area contributed by atoms with E-state index in [0.29, 0.717) is 25.8 Å². The van der Waals surface area contributed by atoms with Gasteiger partial charge in [0.2, 0.25) is 5.91 Å². The van der Waals surface area contributed by atoms with Crippen LogP contribution in [0.25, 0.3) is 0 Å². The molecule has 0 N–H and O–H groups in total. The van der Waals surface area contributed by atoms with E-state index in [4.69, 9.17) is 4.74 Å². The lowest BCUT2D eigenvalue weighted by Gasteiger charge is -2.39. The molecule has 3 rings (SSSR count). The van der Waals surface area contributed by atoms with Crippen molar-refractivity contribution in [2.24, 2.45) is 0 Å².